The highest BCUT2D eigenvalue weighted by molar-refractivity contribution is 5.37. The first-order chi connectivity index (χ1) is 8.22. The first-order valence-electron chi connectivity index (χ1n) is 5.39. The SMILES string of the molecule is COC(c1ccccc1)c1ncc(C)c(N)n1. The Labute approximate surface area is 100 Å². The second-order valence-electron chi connectivity index (χ2n) is 3.82. The maximum Gasteiger partial charge on any atom is 0.164 e. The number of hydrogen-bond donors (Lipinski definition) is 1. The topological polar surface area (TPSA) is 61.0 Å². The third-order valence-electron chi connectivity index (χ3n) is 2.60. The predicted octanol–water partition coefficient (Wildman–Crippen LogP) is 2.10. The van der Waals surface area contributed by atoms with Crippen LogP contribution in [0.15, 0.2) is 36.5 Å². The number of nitrogen functional groups attached to an aromatic ring is 1. The maximum atomic E-state index is 5.78. The molecular formula is C13H15N3O. The molecule has 0 saturated carbocycles. The number of rotatable bonds is 3. The molecule has 1 aromatic heterocycles. The lowest BCUT2D eigenvalue weighted by atomic mass is 10.1. The number of hydrogen-bond acceptors (Lipinski definition) is 4. The van der Waals surface area contributed by atoms with Gasteiger partial charge in [0, 0.05) is 18.9 Å². The molecule has 1 atom stereocenters. The number of anilines is 1. The molecule has 2 rings (SSSR count). The van der Waals surface area contributed by atoms with Gasteiger partial charge in [0.05, 0.1) is 0 Å². The number of methoxy groups -OCH3 is 1. The maximum absolute atomic E-state index is 5.78. The lowest BCUT2D eigenvalue weighted by Crippen LogP contribution is -2.10. The summed E-state index contributed by atoms with van der Waals surface area (Å²) in [6.07, 6.45) is 1.44. The fraction of sp³-hybridized carbons (Fsp3) is 0.231. The number of benzene rings is 1. The van der Waals surface area contributed by atoms with Gasteiger partial charge in [-0.1, -0.05) is 30.3 Å². The fourth-order valence-electron chi connectivity index (χ4n) is 1.61. The molecule has 0 radical (unpaired) electrons. The highest BCUT2D eigenvalue weighted by atomic mass is 16.5. The summed E-state index contributed by atoms with van der Waals surface area (Å²) in [5, 5.41) is 0. The Morgan fingerprint density at radius 1 is 1.24 bits per heavy atom. The summed E-state index contributed by atoms with van der Waals surface area (Å²) in [6.45, 7) is 1.88. The lowest BCUT2D eigenvalue weighted by Gasteiger charge is -2.14. The fourth-order valence-corrected chi connectivity index (χ4v) is 1.61. The number of nitrogens with zero attached hydrogens (tertiary/aromatic N) is 2. The summed E-state index contributed by atoms with van der Waals surface area (Å²) in [5.41, 5.74) is 7.67. The van der Waals surface area contributed by atoms with Gasteiger partial charge >= 0.3 is 0 Å². The third kappa shape index (κ3) is 2.42. The van der Waals surface area contributed by atoms with Crippen LogP contribution in [-0.2, 0) is 4.74 Å². The van der Waals surface area contributed by atoms with Crippen LogP contribution in [0.1, 0.15) is 23.1 Å². The quantitative estimate of drug-likeness (QED) is 0.875. The molecule has 0 aliphatic rings. The average molecular weight is 229 g/mol. The Morgan fingerprint density at radius 2 is 1.94 bits per heavy atom. The minimum Gasteiger partial charge on any atom is -0.383 e. The van der Waals surface area contributed by atoms with Crippen molar-refractivity contribution in [2.24, 2.45) is 0 Å². The van der Waals surface area contributed by atoms with Gasteiger partial charge in [0.2, 0.25) is 0 Å². The van der Waals surface area contributed by atoms with E-state index < -0.39 is 0 Å². The van der Waals surface area contributed by atoms with Crippen molar-refractivity contribution in [3.05, 3.63) is 53.5 Å². The van der Waals surface area contributed by atoms with Gasteiger partial charge in [-0.3, -0.25) is 0 Å². The van der Waals surface area contributed by atoms with Gasteiger partial charge in [-0.2, -0.15) is 0 Å². The van der Waals surface area contributed by atoms with Crippen LogP contribution >= 0.6 is 0 Å². The second-order valence-corrected chi connectivity index (χ2v) is 3.82. The van der Waals surface area contributed by atoms with Crippen LogP contribution < -0.4 is 5.73 Å². The lowest BCUT2D eigenvalue weighted by molar-refractivity contribution is 0.129. The van der Waals surface area contributed by atoms with E-state index in [1.54, 1.807) is 13.3 Å². The molecule has 17 heavy (non-hydrogen) atoms. The Hall–Kier alpha value is -1.94. The molecule has 4 nitrogen and oxygen atoms in total. The van der Waals surface area contributed by atoms with E-state index in [0.29, 0.717) is 11.6 Å². The molecular weight excluding hydrogens is 214 g/mol. The Bertz CT molecular complexity index is 499. The minimum absolute atomic E-state index is 0.279. The van der Waals surface area contributed by atoms with Crippen molar-refractivity contribution in [2.75, 3.05) is 12.8 Å². The van der Waals surface area contributed by atoms with Gasteiger partial charge in [0.1, 0.15) is 11.9 Å². The van der Waals surface area contributed by atoms with Gasteiger partial charge in [0.25, 0.3) is 0 Å². The predicted molar refractivity (Wildman–Crippen MR) is 66.5 cm³/mol. The van der Waals surface area contributed by atoms with Crippen molar-refractivity contribution >= 4 is 5.82 Å². The van der Waals surface area contributed by atoms with Crippen molar-refractivity contribution in [1.82, 2.24) is 9.97 Å². The molecule has 2 aromatic rings. The highest BCUT2D eigenvalue weighted by Gasteiger charge is 2.16. The molecule has 0 bridgehead atoms. The summed E-state index contributed by atoms with van der Waals surface area (Å²) in [6, 6.07) is 9.83. The van der Waals surface area contributed by atoms with Gasteiger partial charge in [-0.05, 0) is 12.5 Å². The van der Waals surface area contributed by atoms with Crippen molar-refractivity contribution in [1.29, 1.82) is 0 Å². The molecule has 0 aliphatic carbocycles. The van der Waals surface area contributed by atoms with Gasteiger partial charge in [-0.25, -0.2) is 9.97 Å². The smallest absolute Gasteiger partial charge is 0.164 e. The first-order valence-corrected chi connectivity index (χ1v) is 5.39. The van der Waals surface area contributed by atoms with Crippen molar-refractivity contribution < 1.29 is 4.74 Å². The minimum atomic E-state index is -0.279. The van der Waals surface area contributed by atoms with Crippen molar-refractivity contribution in [3.8, 4) is 0 Å². The highest BCUT2D eigenvalue weighted by Crippen LogP contribution is 2.23. The second kappa shape index (κ2) is 4.93. The number of aryl methyl sites for hydroxylation is 1. The Kier molecular flexibility index (Phi) is 3.35. The summed E-state index contributed by atoms with van der Waals surface area (Å²) in [5.74, 6) is 1.08. The summed E-state index contributed by atoms with van der Waals surface area (Å²) >= 11 is 0. The third-order valence-corrected chi connectivity index (χ3v) is 2.60. The molecule has 0 aliphatic heterocycles. The summed E-state index contributed by atoms with van der Waals surface area (Å²) in [7, 11) is 1.64. The van der Waals surface area contributed by atoms with Crippen LogP contribution in [0.4, 0.5) is 5.82 Å². The monoisotopic (exact) mass is 229 g/mol. The van der Waals surface area contributed by atoms with E-state index in [1.165, 1.54) is 0 Å². The summed E-state index contributed by atoms with van der Waals surface area (Å²) < 4.78 is 5.44. The first kappa shape index (κ1) is 11.5. The zero-order valence-corrected chi connectivity index (χ0v) is 9.92. The zero-order chi connectivity index (χ0) is 12.3. The van der Waals surface area contributed by atoms with Gasteiger partial charge in [0.15, 0.2) is 5.82 Å². The molecule has 1 heterocycles. The van der Waals surface area contributed by atoms with E-state index >= 15 is 0 Å². The van der Waals surface area contributed by atoms with Crippen molar-refractivity contribution in [3.63, 3.8) is 0 Å². The van der Waals surface area contributed by atoms with Crippen LogP contribution in [0.25, 0.3) is 0 Å². The van der Waals surface area contributed by atoms with Crippen LogP contribution in [0.3, 0.4) is 0 Å². The van der Waals surface area contributed by atoms with E-state index in [0.717, 1.165) is 11.1 Å². The van der Waals surface area contributed by atoms with Crippen LogP contribution in [-0.4, -0.2) is 17.1 Å². The molecule has 0 saturated heterocycles. The molecule has 1 aromatic carbocycles. The number of aromatic nitrogens is 2. The van der Waals surface area contributed by atoms with Crippen molar-refractivity contribution in [2.45, 2.75) is 13.0 Å². The van der Waals surface area contributed by atoms with E-state index in [1.807, 2.05) is 37.3 Å². The normalized spacial score (nSPS) is 12.4. The van der Waals surface area contributed by atoms with Crippen LogP contribution in [0.5, 0.6) is 0 Å². The Balaban J connectivity index is 2.39. The standard InChI is InChI=1S/C13H15N3O/c1-9-8-15-13(16-12(9)14)11(17-2)10-6-4-3-5-7-10/h3-8,11H,1-2H3,(H2,14,15,16). The average Bonchev–Trinajstić information content (AvgIpc) is 2.36. The molecule has 88 valence electrons. The zero-order valence-electron chi connectivity index (χ0n) is 9.92. The molecule has 4 heteroatoms. The molecule has 2 N–H and O–H groups in total. The largest absolute Gasteiger partial charge is 0.383 e. The van der Waals surface area contributed by atoms with E-state index in [2.05, 4.69) is 9.97 Å². The molecule has 0 fully saturated rings. The molecule has 1 unspecified atom stereocenters. The van der Waals surface area contributed by atoms with E-state index in [-0.39, 0.29) is 6.10 Å². The molecule has 0 amide bonds. The number of nitrogens with two attached hydrogens (primary N) is 1. The van der Waals surface area contributed by atoms with Gasteiger partial charge in [-0.15, -0.1) is 0 Å². The Morgan fingerprint density at radius 3 is 2.53 bits per heavy atom. The van der Waals surface area contributed by atoms with Gasteiger partial charge < -0.3 is 10.5 Å². The number of ether oxygens (including phenoxy) is 1. The van der Waals surface area contributed by atoms with Crippen LogP contribution in [0.2, 0.25) is 0 Å². The van der Waals surface area contributed by atoms with E-state index in [4.69, 9.17) is 10.5 Å². The summed E-state index contributed by atoms with van der Waals surface area (Å²) in [4.78, 5) is 8.53. The van der Waals surface area contributed by atoms with E-state index in [9.17, 15) is 0 Å². The van der Waals surface area contributed by atoms with Crippen LogP contribution in [0, 0.1) is 6.92 Å². The molecule has 0 spiro atoms.